The largest absolute Gasteiger partial charge is 0.365 e. The number of rotatable bonds is 5. The van der Waals surface area contributed by atoms with E-state index in [-0.39, 0.29) is 0 Å². The minimum atomic E-state index is -0.423. The van der Waals surface area contributed by atoms with Crippen molar-refractivity contribution in [1.82, 2.24) is 15.4 Å². The van der Waals surface area contributed by atoms with Gasteiger partial charge in [0.15, 0.2) is 5.16 Å². The Morgan fingerprint density at radius 3 is 2.75 bits per heavy atom. The zero-order valence-electron chi connectivity index (χ0n) is 11.0. The number of anilines is 1. The van der Waals surface area contributed by atoms with Crippen molar-refractivity contribution in [2.45, 2.75) is 11.7 Å². The van der Waals surface area contributed by atoms with Crippen LogP contribution in [0.5, 0.6) is 0 Å². The molecule has 1 aromatic heterocycles. The standard InChI is InChI=1S/C13H15N5OS/c1-20-13-16-8-10(12(19)18-14)11(17-13)15-7-9-5-3-2-4-6-9/h2-6,8H,7,14H2,1H3,(H,18,19)(H,15,16,17). The Labute approximate surface area is 121 Å². The van der Waals surface area contributed by atoms with Crippen LogP contribution in [0.3, 0.4) is 0 Å². The minimum absolute atomic E-state index is 0.321. The van der Waals surface area contributed by atoms with Crippen LogP contribution in [0.4, 0.5) is 5.82 Å². The van der Waals surface area contributed by atoms with Crippen LogP contribution in [-0.2, 0) is 6.54 Å². The Morgan fingerprint density at radius 1 is 1.35 bits per heavy atom. The summed E-state index contributed by atoms with van der Waals surface area (Å²) < 4.78 is 0. The highest BCUT2D eigenvalue weighted by atomic mass is 32.2. The van der Waals surface area contributed by atoms with Crippen molar-refractivity contribution in [1.29, 1.82) is 0 Å². The molecule has 0 unspecified atom stereocenters. The summed E-state index contributed by atoms with van der Waals surface area (Å²) in [7, 11) is 0. The number of nitrogen functional groups attached to an aromatic ring is 1. The summed E-state index contributed by atoms with van der Waals surface area (Å²) in [5.74, 6) is 5.21. The second kappa shape index (κ2) is 6.88. The molecule has 1 amide bonds. The zero-order valence-corrected chi connectivity index (χ0v) is 11.8. The molecule has 20 heavy (non-hydrogen) atoms. The third-order valence-corrected chi connectivity index (χ3v) is 3.19. The van der Waals surface area contributed by atoms with E-state index in [1.54, 1.807) is 0 Å². The van der Waals surface area contributed by atoms with Crippen molar-refractivity contribution in [3.8, 4) is 0 Å². The van der Waals surface area contributed by atoms with E-state index < -0.39 is 5.91 Å². The van der Waals surface area contributed by atoms with Crippen LogP contribution in [0.2, 0.25) is 0 Å². The van der Waals surface area contributed by atoms with E-state index in [2.05, 4.69) is 20.7 Å². The first-order valence-electron chi connectivity index (χ1n) is 5.94. The Bertz CT molecular complexity index is 591. The van der Waals surface area contributed by atoms with E-state index >= 15 is 0 Å². The monoisotopic (exact) mass is 289 g/mol. The Morgan fingerprint density at radius 2 is 2.10 bits per heavy atom. The number of hydrazine groups is 1. The molecule has 7 heteroatoms. The van der Waals surface area contributed by atoms with Gasteiger partial charge in [-0.3, -0.25) is 10.2 Å². The van der Waals surface area contributed by atoms with E-state index in [1.807, 2.05) is 36.6 Å². The van der Waals surface area contributed by atoms with Gasteiger partial charge in [0.05, 0.1) is 0 Å². The number of thioether (sulfide) groups is 1. The van der Waals surface area contributed by atoms with E-state index in [9.17, 15) is 4.79 Å². The summed E-state index contributed by atoms with van der Waals surface area (Å²) in [6.45, 7) is 0.566. The second-order valence-corrected chi connectivity index (χ2v) is 4.70. The van der Waals surface area contributed by atoms with Crippen LogP contribution in [0, 0.1) is 0 Å². The van der Waals surface area contributed by atoms with Gasteiger partial charge in [0.25, 0.3) is 5.91 Å². The van der Waals surface area contributed by atoms with Crippen molar-refractivity contribution >= 4 is 23.5 Å². The molecule has 4 N–H and O–H groups in total. The summed E-state index contributed by atoms with van der Waals surface area (Å²) in [4.78, 5) is 20.1. The van der Waals surface area contributed by atoms with Crippen molar-refractivity contribution < 1.29 is 4.79 Å². The van der Waals surface area contributed by atoms with Crippen LogP contribution in [0.1, 0.15) is 15.9 Å². The van der Waals surface area contributed by atoms with Crippen molar-refractivity contribution in [3.63, 3.8) is 0 Å². The molecule has 0 aliphatic carbocycles. The van der Waals surface area contributed by atoms with Crippen LogP contribution in [0.15, 0.2) is 41.7 Å². The molecule has 0 aliphatic rings. The van der Waals surface area contributed by atoms with Crippen molar-refractivity contribution in [2.75, 3.05) is 11.6 Å². The smallest absolute Gasteiger partial charge is 0.270 e. The topological polar surface area (TPSA) is 92.9 Å². The zero-order chi connectivity index (χ0) is 14.4. The summed E-state index contributed by atoms with van der Waals surface area (Å²) in [6, 6.07) is 9.85. The number of amides is 1. The molecule has 104 valence electrons. The highest BCUT2D eigenvalue weighted by Crippen LogP contribution is 2.17. The Kier molecular flexibility index (Phi) is 4.91. The van der Waals surface area contributed by atoms with E-state index in [0.29, 0.717) is 23.1 Å². The fourth-order valence-corrected chi connectivity index (χ4v) is 1.97. The quantitative estimate of drug-likeness (QED) is 0.253. The molecular formula is C13H15N5OS. The third kappa shape index (κ3) is 3.46. The maximum absolute atomic E-state index is 11.7. The molecule has 1 heterocycles. The van der Waals surface area contributed by atoms with Gasteiger partial charge in [0.1, 0.15) is 11.4 Å². The lowest BCUT2D eigenvalue weighted by Crippen LogP contribution is -2.31. The fourth-order valence-electron chi connectivity index (χ4n) is 1.62. The summed E-state index contributed by atoms with van der Waals surface area (Å²) >= 11 is 1.41. The number of nitrogens with two attached hydrogens (primary N) is 1. The number of carbonyl (C=O) groups excluding carboxylic acids is 1. The van der Waals surface area contributed by atoms with Gasteiger partial charge in [-0.1, -0.05) is 42.1 Å². The van der Waals surface area contributed by atoms with Gasteiger partial charge in [-0.05, 0) is 11.8 Å². The van der Waals surface area contributed by atoms with Gasteiger partial charge in [-0.15, -0.1) is 0 Å². The van der Waals surface area contributed by atoms with Gasteiger partial charge in [-0.2, -0.15) is 0 Å². The molecule has 0 saturated heterocycles. The molecule has 6 nitrogen and oxygen atoms in total. The lowest BCUT2D eigenvalue weighted by Gasteiger charge is -2.10. The first-order valence-corrected chi connectivity index (χ1v) is 7.17. The fraction of sp³-hybridized carbons (Fsp3) is 0.154. The SMILES string of the molecule is CSc1ncc(C(=O)NN)c(NCc2ccccc2)n1. The number of nitrogens with one attached hydrogen (secondary N) is 2. The Hall–Kier alpha value is -2.12. The number of carbonyl (C=O) groups is 1. The number of aromatic nitrogens is 2. The molecule has 0 radical (unpaired) electrons. The Balaban J connectivity index is 2.21. The van der Waals surface area contributed by atoms with Crippen LogP contribution in [0.25, 0.3) is 0 Å². The van der Waals surface area contributed by atoms with Crippen LogP contribution in [-0.4, -0.2) is 22.1 Å². The summed E-state index contributed by atoms with van der Waals surface area (Å²) in [6.07, 6.45) is 3.34. The number of benzene rings is 1. The average molecular weight is 289 g/mol. The van der Waals surface area contributed by atoms with Gasteiger partial charge in [0.2, 0.25) is 0 Å². The first-order chi connectivity index (χ1) is 9.74. The lowest BCUT2D eigenvalue weighted by molar-refractivity contribution is 0.0953. The molecule has 0 bridgehead atoms. The van der Waals surface area contributed by atoms with E-state index in [4.69, 9.17) is 5.84 Å². The maximum Gasteiger partial charge on any atom is 0.270 e. The minimum Gasteiger partial charge on any atom is -0.365 e. The second-order valence-electron chi connectivity index (χ2n) is 3.93. The lowest BCUT2D eigenvalue weighted by atomic mass is 10.2. The van der Waals surface area contributed by atoms with Crippen molar-refractivity contribution in [3.05, 3.63) is 47.7 Å². The molecule has 2 rings (SSSR count). The highest BCUT2D eigenvalue weighted by molar-refractivity contribution is 7.98. The molecule has 2 aromatic rings. The molecular weight excluding hydrogens is 274 g/mol. The van der Waals surface area contributed by atoms with E-state index in [1.165, 1.54) is 18.0 Å². The number of hydrogen-bond acceptors (Lipinski definition) is 6. The summed E-state index contributed by atoms with van der Waals surface area (Å²) in [5, 5.41) is 3.73. The number of nitrogens with zero attached hydrogens (tertiary/aromatic N) is 2. The third-order valence-electron chi connectivity index (χ3n) is 2.63. The predicted octanol–water partition coefficient (Wildman–Crippen LogP) is 1.41. The van der Waals surface area contributed by atoms with Gasteiger partial charge >= 0.3 is 0 Å². The maximum atomic E-state index is 11.7. The van der Waals surface area contributed by atoms with Gasteiger partial charge < -0.3 is 5.32 Å². The molecule has 0 fully saturated rings. The molecule has 0 spiro atoms. The summed E-state index contributed by atoms with van der Waals surface area (Å²) in [5.41, 5.74) is 3.51. The first kappa shape index (κ1) is 14.3. The molecule has 0 saturated carbocycles. The van der Waals surface area contributed by atoms with Crippen molar-refractivity contribution in [2.24, 2.45) is 5.84 Å². The van der Waals surface area contributed by atoms with Gasteiger partial charge in [-0.25, -0.2) is 15.8 Å². The van der Waals surface area contributed by atoms with Gasteiger partial charge in [0, 0.05) is 12.7 Å². The van der Waals surface area contributed by atoms with Crippen LogP contribution < -0.4 is 16.6 Å². The van der Waals surface area contributed by atoms with Crippen LogP contribution >= 0.6 is 11.8 Å². The number of hydrogen-bond donors (Lipinski definition) is 3. The average Bonchev–Trinajstić information content (AvgIpc) is 2.52. The molecule has 0 aliphatic heterocycles. The molecule has 0 atom stereocenters. The normalized spacial score (nSPS) is 10.1. The van der Waals surface area contributed by atoms with E-state index in [0.717, 1.165) is 5.56 Å². The highest BCUT2D eigenvalue weighted by Gasteiger charge is 2.13. The predicted molar refractivity (Wildman–Crippen MR) is 79.2 cm³/mol. The molecule has 1 aromatic carbocycles.